The highest BCUT2D eigenvalue weighted by molar-refractivity contribution is 5.84. The Balaban J connectivity index is 3.68. The fraction of sp³-hybridized carbons (Fsp3) is 0.571. The minimum Gasteiger partial charge on any atom is -0.348 e. The molecular formula is C7H12N2O3. The van der Waals surface area contributed by atoms with Crippen molar-refractivity contribution in [1.29, 1.82) is 0 Å². The Hall–Kier alpha value is -1.39. The van der Waals surface area contributed by atoms with E-state index in [4.69, 9.17) is 0 Å². The van der Waals surface area contributed by atoms with Crippen LogP contribution in [0.15, 0.2) is 0 Å². The second kappa shape index (κ2) is 5.29. The first-order chi connectivity index (χ1) is 5.57. The number of carbonyl (C=O) groups is 3. The van der Waals surface area contributed by atoms with Crippen molar-refractivity contribution in [3.63, 3.8) is 0 Å². The van der Waals surface area contributed by atoms with Crippen molar-refractivity contribution in [2.75, 3.05) is 20.1 Å². The average molecular weight is 172 g/mol. The maximum absolute atomic E-state index is 10.9. The molecule has 0 aromatic heterocycles. The molecule has 0 aliphatic heterocycles. The number of likely N-dealkylation sites (N-methyl/N-ethyl adjacent to an activating group) is 1. The molecule has 0 aromatic carbocycles. The molecule has 0 saturated carbocycles. The molecule has 0 saturated heterocycles. The number of amides is 2. The number of rotatable bonds is 4. The zero-order chi connectivity index (χ0) is 9.56. The molecule has 0 atom stereocenters. The predicted octanol–water partition coefficient (Wildman–Crippen LogP) is -1.22. The standard InChI is InChI=1S/C7H12N2O3/c1-6(11)9(2)5-7(12)8-3-4-10/h4H,3,5H2,1-2H3,(H,8,12). The molecule has 0 heterocycles. The maximum atomic E-state index is 10.9. The molecule has 0 spiro atoms. The Kier molecular flexibility index (Phi) is 4.67. The lowest BCUT2D eigenvalue weighted by molar-refractivity contribution is -0.133. The first-order valence-electron chi connectivity index (χ1n) is 3.50. The van der Waals surface area contributed by atoms with Crippen molar-refractivity contribution >= 4 is 18.1 Å². The van der Waals surface area contributed by atoms with Gasteiger partial charge in [-0.25, -0.2) is 0 Å². The summed E-state index contributed by atoms with van der Waals surface area (Å²) in [6.07, 6.45) is 0.589. The van der Waals surface area contributed by atoms with Crippen LogP contribution in [-0.4, -0.2) is 43.1 Å². The highest BCUT2D eigenvalue weighted by Gasteiger charge is 2.06. The molecule has 0 fully saturated rings. The van der Waals surface area contributed by atoms with Gasteiger partial charge in [0.05, 0.1) is 13.1 Å². The van der Waals surface area contributed by atoms with Gasteiger partial charge in [-0.05, 0) is 0 Å². The molecule has 0 bridgehead atoms. The number of hydrogen-bond acceptors (Lipinski definition) is 3. The van der Waals surface area contributed by atoms with E-state index in [0.717, 1.165) is 0 Å². The van der Waals surface area contributed by atoms with E-state index in [1.165, 1.54) is 18.9 Å². The number of carbonyl (C=O) groups excluding carboxylic acids is 3. The smallest absolute Gasteiger partial charge is 0.239 e. The fourth-order valence-electron chi connectivity index (χ4n) is 0.538. The first-order valence-corrected chi connectivity index (χ1v) is 3.50. The summed E-state index contributed by atoms with van der Waals surface area (Å²) in [6, 6.07) is 0. The molecule has 5 heteroatoms. The summed E-state index contributed by atoms with van der Waals surface area (Å²) >= 11 is 0. The van der Waals surface area contributed by atoms with Crippen LogP contribution in [0, 0.1) is 0 Å². The van der Waals surface area contributed by atoms with Crippen LogP contribution in [0.3, 0.4) is 0 Å². The van der Waals surface area contributed by atoms with Crippen molar-refractivity contribution < 1.29 is 14.4 Å². The molecule has 0 radical (unpaired) electrons. The molecular weight excluding hydrogens is 160 g/mol. The number of nitrogens with zero attached hydrogens (tertiary/aromatic N) is 1. The second-order valence-electron chi connectivity index (χ2n) is 2.35. The zero-order valence-electron chi connectivity index (χ0n) is 7.16. The van der Waals surface area contributed by atoms with Gasteiger partial charge in [0.2, 0.25) is 11.8 Å². The Morgan fingerprint density at radius 2 is 2.08 bits per heavy atom. The zero-order valence-corrected chi connectivity index (χ0v) is 7.16. The van der Waals surface area contributed by atoms with Gasteiger partial charge in [0.15, 0.2) is 0 Å². The van der Waals surface area contributed by atoms with Crippen molar-refractivity contribution in [3.8, 4) is 0 Å². The van der Waals surface area contributed by atoms with E-state index >= 15 is 0 Å². The summed E-state index contributed by atoms with van der Waals surface area (Å²) in [4.78, 5) is 32.6. The van der Waals surface area contributed by atoms with Gasteiger partial charge in [-0.1, -0.05) is 0 Å². The Morgan fingerprint density at radius 3 is 2.50 bits per heavy atom. The molecule has 1 N–H and O–H groups in total. The van der Waals surface area contributed by atoms with Gasteiger partial charge in [0.1, 0.15) is 6.29 Å². The van der Waals surface area contributed by atoms with Crippen molar-refractivity contribution in [2.45, 2.75) is 6.92 Å². The highest BCUT2D eigenvalue weighted by atomic mass is 16.2. The lowest BCUT2D eigenvalue weighted by Crippen LogP contribution is -2.37. The summed E-state index contributed by atoms with van der Waals surface area (Å²) in [7, 11) is 1.52. The largest absolute Gasteiger partial charge is 0.348 e. The maximum Gasteiger partial charge on any atom is 0.239 e. The number of aldehydes is 1. The Bertz CT molecular complexity index is 191. The van der Waals surface area contributed by atoms with E-state index < -0.39 is 0 Å². The van der Waals surface area contributed by atoms with Gasteiger partial charge in [-0.15, -0.1) is 0 Å². The third kappa shape index (κ3) is 4.43. The SMILES string of the molecule is CC(=O)N(C)CC(=O)NCC=O. The molecule has 68 valence electrons. The van der Waals surface area contributed by atoms with E-state index in [-0.39, 0.29) is 24.9 Å². The summed E-state index contributed by atoms with van der Waals surface area (Å²) in [5.41, 5.74) is 0. The first kappa shape index (κ1) is 10.6. The molecule has 2 amide bonds. The molecule has 0 unspecified atom stereocenters. The van der Waals surface area contributed by atoms with Gasteiger partial charge in [0.25, 0.3) is 0 Å². The van der Waals surface area contributed by atoms with E-state index in [1.54, 1.807) is 0 Å². The third-order valence-electron chi connectivity index (χ3n) is 1.30. The summed E-state index contributed by atoms with van der Waals surface area (Å²) in [5, 5.41) is 2.32. The quantitative estimate of drug-likeness (QED) is 0.540. The van der Waals surface area contributed by atoms with E-state index in [9.17, 15) is 14.4 Å². The molecule has 0 aliphatic carbocycles. The minimum absolute atomic E-state index is 0.00935. The number of hydrogen-bond donors (Lipinski definition) is 1. The van der Waals surface area contributed by atoms with Gasteiger partial charge < -0.3 is 15.0 Å². The van der Waals surface area contributed by atoms with Crippen LogP contribution in [-0.2, 0) is 14.4 Å². The van der Waals surface area contributed by atoms with Gasteiger partial charge >= 0.3 is 0 Å². The van der Waals surface area contributed by atoms with E-state index in [1.807, 2.05) is 0 Å². The summed E-state index contributed by atoms with van der Waals surface area (Å²) in [6.45, 7) is 1.35. The lowest BCUT2D eigenvalue weighted by atomic mass is 10.5. The number of nitrogens with one attached hydrogen (secondary N) is 1. The van der Waals surface area contributed by atoms with Crippen LogP contribution >= 0.6 is 0 Å². The average Bonchev–Trinajstić information content (AvgIpc) is 2.00. The van der Waals surface area contributed by atoms with Gasteiger partial charge in [0, 0.05) is 14.0 Å². The van der Waals surface area contributed by atoms with E-state index in [0.29, 0.717) is 6.29 Å². The van der Waals surface area contributed by atoms with Crippen LogP contribution < -0.4 is 5.32 Å². The second-order valence-corrected chi connectivity index (χ2v) is 2.35. The van der Waals surface area contributed by atoms with Crippen LogP contribution in [0.25, 0.3) is 0 Å². The molecule has 0 aromatic rings. The monoisotopic (exact) mass is 172 g/mol. The van der Waals surface area contributed by atoms with Crippen LogP contribution in [0.4, 0.5) is 0 Å². The summed E-state index contributed by atoms with van der Waals surface area (Å²) in [5.74, 6) is -0.518. The lowest BCUT2D eigenvalue weighted by Gasteiger charge is -2.13. The molecule has 12 heavy (non-hydrogen) atoms. The molecule has 5 nitrogen and oxygen atoms in total. The van der Waals surface area contributed by atoms with Gasteiger partial charge in [-0.2, -0.15) is 0 Å². The molecule has 0 aliphatic rings. The van der Waals surface area contributed by atoms with E-state index in [2.05, 4.69) is 5.32 Å². The van der Waals surface area contributed by atoms with Crippen molar-refractivity contribution in [2.24, 2.45) is 0 Å². The van der Waals surface area contributed by atoms with Crippen molar-refractivity contribution in [3.05, 3.63) is 0 Å². The fourth-order valence-corrected chi connectivity index (χ4v) is 0.538. The van der Waals surface area contributed by atoms with Crippen molar-refractivity contribution in [1.82, 2.24) is 10.2 Å². The third-order valence-corrected chi connectivity index (χ3v) is 1.30. The highest BCUT2D eigenvalue weighted by Crippen LogP contribution is 1.81. The normalized spacial score (nSPS) is 8.83. The Morgan fingerprint density at radius 1 is 1.50 bits per heavy atom. The topological polar surface area (TPSA) is 66.5 Å². The summed E-state index contributed by atoms with van der Waals surface area (Å²) < 4.78 is 0. The Labute approximate surface area is 70.7 Å². The van der Waals surface area contributed by atoms with Crippen LogP contribution in [0.5, 0.6) is 0 Å². The van der Waals surface area contributed by atoms with Crippen LogP contribution in [0.2, 0.25) is 0 Å². The predicted molar refractivity (Wildman–Crippen MR) is 42.4 cm³/mol. The molecule has 0 rings (SSSR count). The van der Waals surface area contributed by atoms with Crippen LogP contribution in [0.1, 0.15) is 6.92 Å². The minimum atomic E-state index is -0.334. The van der Waals surface area contributed by atoms with Gasteiger partial charge in [-0.3, -0.25) is 9.59 Å².